The van der Waals surface area contributed by atoms with Crippen molar-refractivity contribution >= 4 is 34.1 Å². The smallest absolute Gasteiger partial charge is 0.327 e. The largest absolute Gasteiger partial charge is 0.493 e. The van der Waals surface area contributed by atoms with Crippen LogP contribution in [-0.4, -0.2) is 63.4 Å². The van der Waals surface area contributed by atoms with Gasteiger partial charge in [0.25, 0.3) is 5.91 Å². The number of nitrogens with zero attached hydrogens (tertiary/aromatic N) is 5. The van der Waals surface area contributed by atoms with Crippen LogP contribution in [0.25, 0.3) is 0 Å². The quantitative estimate of drug-likeness (QED) is 0.445. The molecule has 1 aromatic carbocycles. The van der Waals surface area contributed by atoms with E-state index in [4.69, 9.17) is 0 Å². The van der Waals surface area contributed by atoms with Crippen LogP contribution in [0.4, 0.5) is 22.6 Å². The Labute approximate surface area is 216 Å². The molecule has 1 aliphatic heterocycles. The van der Waals surface area contributed by atoms with Crippen molar-refractivity contribution in [1.82, 2.24) is 19.8 Å². The van der Waals surface area contributed by atoms with Crippen LogP contribution in [0.2, 0.25) is 0 Å². The van der Waals surface area contributed by atoms with Gasteiger partial charge < -0.3 is 9.74 Å². The Balaban J connectivity index is 1.56. The standard InChI is InChI=1S/C23H19F4N5O5S/c1-12-13(2)20(34)32(37-22(36)23(25,26)27)29-17(12)8-14-3-4-16(24)15(7-14)21(35)30-5-6-31(18(33)10-30)19-9-28-11-38-19/h3-4,7,9,11H,5-6,8,10H2,1-2H3. The molecule has 2 aromatic heterocycles. The number of amides is 2. The number of aromatic nitrogens is 3. The van der Waals surface area contributed by atoms with E-state index >= 15 is 0 Å². The van der Waals surface area contributed by atoms with Gasteiger partial charge in [0.1, 0.15) is 17.4 Å². The lowest BCUT2D eigenvalue weighted by atomic mass is 10.0. The molecule has 1 aliphatic rings. The summed E-state index contributed by atoms with van der Waals surface area (Å²) in [5.74, 6) is -4.52. The summed E-state index contributed by atoms with van der Waals surface area (Å²) >= 11 is 1.27. The molecule has 200 valence electrons. The lowest BCUT2D eigenvalue weighted by molar-refractivity contribution is -0.202. The fourth-order valence-electron chi connectivity index (χ4n) is 3.74. The number of rotatable bonds is 5. The summed E-state index contributed by atoms with van der Waals surface area (Å²) in [6, 6.07) is 3.62. The third-order valence-electron chi connectivity index (χ3n) is 5.93. The van der Waals surface area contributed by atoms with E-state index in [2.05, 4.69) is 14.9 Å². The molecule has 1 fully saturated rings. The van der Waals surface area contributed by atoms with E-state index in [0.717, 1.165) is 6.07 Å². The number of piperazine rings is 1. The second-order valence-corrected chi connectivity index (χ2v) is 9.22. The number of hydrogen-bond acceptors (Lipinski definition) is 8. The van der Waals surface area contributed by atoms with Crippen molar-refractivity contribution in [2.75, 3.05) is 24.5 Å². The maximum atomic E-state index is 14.7. The Morgan fingerprint density at radius 3 is 2.50 bits per heavy atom. The maximum Gasteiger partial charge on any atom is 0.493 e. The minimum absolute atomic E-state index is 0.0132. The van der Waals surface area contributed by atoms with Crippen molar-refractivity contribution in [3.8, 4) is 0 Å². The van der Waals surface area contributed by atoms with Crippen LogP contribution in [0.5, 0.6) is 0 Å². The highest BCUT2D eigenvalue weighted by molar-refractivity contribution is 7.14. The molecular weight excluding hydrogens is 534 g/mol. The predicted molar refractivity (Wildman–Crippen MR) is 125 cm³/mol. The zero-order chi connectivity index (χ0) is 27.8. The molecular formula is C23H19F4N5O5S. The number of anilines is 1. The Morgan fingerprint density at radius 2 is 1.87 bits per heavy atom. The first-order valence-corrected chi connectivity index (χ1v) is 11.9. The summed E-state index contributed by atoms with van der Waals surface area (Å²) in [7, 11) is 0. The van der Waals surface area contributed by atoms with E-state index in [9.17, 15) is 36.7 Å². The van der Waals surface area contributed by atoms with Crippen LogP contribution in [0.15, 0.2) is 34.7 Å². The highest BCUT2D eigenvalue weighted by atomic mass is 32.1. The molecule has 0 N–H and O–H groups in total. The Bertz CT molecular complexity index is 1470. The highest BCUT2D eigenvalue weighted by Crippen LogP contribution is 2.23. The predicted octanol–water partition coefficient (Wildman–Crippen LogP) is 2.05. The average Bonchev–Trinajstić information content (AvgIpc) is 3.40. The fraction of sp³-hybridized carbons (Fsp3) is 0.304. The molecule has 0 spiro atoms. The van der Waals surface area contributed by atoms with Crippen molar-refractivity contribution in [3.05, 3.63) is 74.0 Å². The molecule has 0 radical (unpaired) electrons. The first kappa shape index (κ1) is 26.9. The van der Waals surface area contributed by atoms with E-state index in [1.54, 1.807) is 5.51 Å². The lowest BCUT2D eigenvalue weighted by Gasteiger charge is -2.33. The number of halogens is 4. The van der Waals surface area contributed by atoms with Gasteiger partial charge in [0, 0.05) is 25.1 Å². The lowest BCUT2D eigenvalue weighted by Crippen LogP contribution is -2.52. The van der Waals surface area contributed by atoms with Gasteiger partial charge >= 0.3 is 17.7 Å². The normalized spacial score (nSPS) is 14.1. The Morgan fingerprint density at radius 1 is 1.13 bits per heavy atom. The van der Waals surface area contributed by atoms with Crippen molar-refractivity contribution in [1.29, 1.82) is 0 Å². The third-order valence-corrected chi connectivity index (χ3v) is 6.72. The minimum atomic E-state index is -5.35. The summed E-state index contributed by atoms with van der Waals surface area (Å²) in [5, 5.41) is 4.36. The fourth-order valence-corrected chi connectivity index (χ4v) is 4.41. The number of thiazole rings is 1. The molecule has 0 saturated carbocycles. The van der Waals surface area contributed by atoms with Gasteiger partial charge in [-0.2, -0.15) is 13.2 Å². The van der Waals surface area contributed by atoms with Crippen LogP contribution in [0.3, 0.4) is 0 Å². The number of carbonyl (C=O) groups is 3. The number of benzene rings is 1. The molecule has 15 heteroatoms. The Hall–Kier alpha value is -4.14. The molecule has 0 bridgehead atoms. The molecule has 38 heavy (non-hydrogen) atoms. The molecule has 2 amide bonds. The third kappa shape index (κ3) is 5.41. The van der Waals surface area contributed by atoms with Crippen LogP contribution in [-0.2, 0) is 16.0 Å². The highest BCUT2D eigenvalue weighted by Gasteiger charge is 2.42. The van der Waals surface area contributed by atoms with Crippen LogP contribution in [0, 0.1) is 19.7 Å². The van der Waals surface area contributed by atoms with Gasteiger partial charge in [0.05, 0.1) is 23.0 Å². The van der Waals surface area contributed by atoms with E-state index in [0.29, 0.717) is 16.1 Å². The number of hydrogen-bond donors (Lipinski definition) is 0. The molecule has 3 aromatic rings. The average molecular weight is 553 g/mol. The van der Waals surface area contributed by atoms with Gasteiger partial charge in [0.2, 0.25) is 5.91 Å². The molecule has 4 rings (SSSR count). The van der Waals surface area contributed by atoms with Gasteiger partial charge in [-0.1, -0.05) is 6.07 Å². The van der Waals surface area contributed by atoms with Crippen molar-refractivity contribution in [2.24, 2.45) is 0 Å². The topological polar surface area (TPSA) is 115 Å². The zero-order valence-corrected chi connectivity index (χ0v) is 20.7. The van der Waals surface area contributed by atoms with Crippen LogP contribution < -0.4 is 15.3 Å². The SMILES string of the molecule is Cc1c(Cc2ccc(F)c(C(=O)N3CCN(c4cncs4)C(=O)C3)c2)nn(OC(=O)C(F)(F)F)c(=O)c1C. The summed E-state index contributed by atoms with van der Waals surface area (Å²) in [6.45, 7) is 2.91. The molecule has 0 aliphatic carbocycles. The second-order valence-electron chi connectivity index (χ2n) is 8.35. The zero-order valence-electron chi connectivity index (χ0n) is 19.9. The van der Waals surface area contributed by atoms with Gasteiger partial charge in [-0.3, -0.25) is 24.3 Å². The van der Waals surface area contributed by atoms with E-state index in [-0.39, 0.29) is 53.6 Å². The van der Waals surface area contributed by atoms with Gasteiger partial charge in [-0.25, -0.2) is 9.18 Å². The van der Waals surface area contributed by atoms with Crippen molar-refractivity contribution in [2.45, 2.75) is 26.4 Å². The van der Waals surface area contributed by atoms with Crippen LogP contribution >= 0.6 is 11.3 Å². The molecule has 0 unspecified atom stereocenters. The van der Waals surface area contributed by atoms with Crippen LogP contribution in [0.1, 0.15) is 32.7 Å². The summed E-state index contributed by atoms with van der Waals surface area (Å²) in [4.78, 5) is 59.8. The van der Waals surface area contributed by atoms with E-state index in [1.165, 1.54) is 53.3 Å². The molecule has 3 heterocycles. The second kappa shape index (κ2) is 10.3. The summed E-state index contributed by atoms with van der Waals surface area (Å²) in [6.07, 6.45) is -3.94. The van der Waals surface area contributed by atoms with Gasteiger partial charge in [-0.05, 0) is 42.0 Å². The summed E-state index contributed by atoms with van der Waals surface area (Å²) in [5.41, 5.74) is 0.915. The van der Waals surface area contributed by atoms with E-state index in [1.807, 2.05) is 0 Å². The Kier molecular flexibility index (Phi) is 7.31. The van der Waals surface area contributed by atoms with Gasteiger partial charge in [-0.15, -0.1) is 16.4 Å². The maximum absolute atomic E-state index is 14.7. The van der Waals surface area contributed by atoms with Crippen molar-refractivity contribution < 1.29 is 36.8 Å². The van der Waals surface area contributed by atoms with Crippen molar-refractivity contribution in [3.63, 3.8) is 0 Å². The number of carbonyl (C=O) groups excluding carboxylic acids is 3. The van der Waals surface area contributed by atoms with Gasteiger partial charge in [0.15, 0.2) is 0 Å². The number of alkyl halides is 3. The molecule has 10 nitrogen and oxygen atoms in total. The monoisotopic (exact) mass is 553 g/mol. The molecule has 1 saturated heterocycles. The first-order valence-electron chi connectivity index (χ1n) is 11.0. The first-order chi connectivity index (χ1) is 17.9. The minimum Gasteiger partial charge on any atom is -0.327 e. The van der Waals surface area contributed by atoms with E-state index < -0.39 is 29.4 Å². The molecule has 0 atom stereocenters. The summed E-state index contributed by atoms with van der Waals surface area (Å²) < 4.78 is 52.5.